The van der Waals surface area contributed by atoms with E-state index in [1.165, 1.54) is 0 Å². The lowest BCUT2D eigenvalue weighted by Gasteiger charge is -2.25. The molecule has 0 aliphatic carbocycles. The van der Waals surface area contributed by atoms with Gasteiger partial charge in [0.25, 0.3) is 0 Å². The molecule has 0 aromatic heterocycles. The molecule has 0 bridgehead atoms. The zero-order valence-electron chi connectivity index (χ0n) is 8.14. The number of hydrogen-bond acceptors (Lipinski definition) is 3. The van der Waals surface area contributed by atoms with Gasteiger partial charge in [0, 0.05) is 39.6 Å². The Morgan fingerprint density at radius 2 is 2.54 bits per heavy atom. The van der Waals surface area contributed by atoms with Crippen LogP contribution in [0, 0.1) is 12.3 Å². The number of hydrogen-bond donors (Lipinski definition) is 1. The Balaban J connectivity index is 2.20. The smallest absolute Gasteiger partial charge is 0.106 e. The maximum atomic E-state index is 5.44. The first-order valence-electron chi connectivity index (χ1n) is 4.60. The van der Waals surface area contributed by atoms with Crippen LogP contribution >= 0.6 is 0 Å². The number of nitrogens with one attached hydrogen (secondary N) is 1. The van der Waals surface area contributed by atoms with Gasteiger partial charge in [0.15, 0.2) is 0 Å². The summed E-state index contributed by atoms with van der Waals surface area (Å²) in [6.07, 6.45) is 6.87. The molecule has 0 amide bonds. The number of ether oxygens (including phenoxy) is 2. The molecule has 3 nitrogen and oxygen atoms in total. The summed E-state index contributed by atoms with van der Waals surface area (Å²) in [4.78, 5) is 0. The van der Waals surface area contributed by atoms with Crippen LogP contribution < -0.4 is 5.32 Å². The summed E-state index contributed by atoms with van der Waals surface area (Å²) in [5, 5.41) is 3.27. The first-order chi connectivity index (χ1) is 6.33. The molecule has 1 saturated heterocycles. The van der Waals surface area contributed by atoms with Crippen LogP contribution in [0.15, 0.2) is 0 Å². The van der Waals surface area contributed by atoms with Crippen molar-refractivity contribution >= 4 is 0 Å². The highest BCUT2D eigenvalue weighted by molar-refractivity contribution is 4.89. The van der Waals surface area contributed by atoms with E-state index < -0.39 is 0 Å². The normalized spacial score (nSPS) is 27.4. The van der Waals surface area contributed by atoms with Crippen LogP contribution in [0.25, 0.3) is 0 Å². The number of methoxy groups -OCH3 is 1. The fraction of sp³-hybridized carbons (Fsp3) is 0.800. The van der Waals surface area contributed by atoms with Crippen molar-refractivity contribution in [1.29, 1.82) is 0 Å². The van der Waals surface area contributed by atoms with Gasteiger partial charge in [0.05, 0.1) is 6.61 Å². The Bertz CT molecular complexity index is 180. The van der Waals surface area contributed by atoms with Crippen LogP contribution in [-0.4, -0.2) is 39.0 Å². The van der Waals surface area contributed by atoms with Gasteiger partial charge in [-0.3, -0.25) is 0 Å². The van der Waals surface area contributed by atoms with Gasteiger partial charge in [-0.25, -0.2) is 0 Å². The summed E-state index contributed by atoms with van der Waals surface area (Å²) < 4.78 is 10.7. The summed E-state index contributed by atoms with van der Waals surface area (Å²) in [6, 6.07) is 0. The van der Waals surface area contributed by atoms with Gasteiger partial charge < -0.3 is 14.8 Å². The molecule has 1 atom stereocenters. The molecule has 0 aromatic rings. The van der Waals surface area contributed by atoms with E-state index in [0.717, 1.165) is 32.5 Å². The van der Waals surface area contributed by atoms with E-state index in [1.807, 2.05) is 0 Å². The van der Waals surface area contributed by atoms with E-state index in [1.54, 1.807) is 7.11 Å². The molecule has 1 aliphatic rings. The lowest BCUT2D eigenvalue weighted by Crippen LogP contribution is -2.43. The van der Waals surface area contributed by atoms with Crippen LogP contribution in [0.4, 0.5) is 0 Å². The first-order valence-corrected chi connectivity index (χ1v) is 4.60. The molecule has 1 rings (SSSR count). The Kier molecular flexibility index (Phi) is 4.23. The lowest BCUT2D eigenvalue weighted by molar-refractivity contribution is -0.0154. The fourth-order valence-electron chi connectivity index (χ4n) is 1.44. The average molecular weight is 183 g/mol. The van der Waals surface area contributed by atoms with E-state index in [9.17, 15) is 0 Å². The van der Waals surface area contributed by atoms with Gasteiger partial charge in [-0.2, -0.15) is 0 Å². The predicted molar refractivity (Wildman–Crippen MR) is 51.5 cm³/mol. The van der Waals surface area contributed by atoms with Crippen molar-refractivity contribution in [3.63, 3.8) is 0 Å². The van der Waals surface area contributed by atoms with Crippen molar-refractivity contribution < 1.29 is 9.47 Å². The minimum absolute atomic E-state index is 0.116. The van der Waals surface area contributed by atoms with Gasteiger partial charge >= 0.3 is 0 Å². The van der Waals surface area contributed by atoms with Gasteiger partial charge in [-0.15, -0.1) is 12.3 Å². The third-order valence-corrected chi connectivity index (χ3v) is 2.39. The molecule has 0 radical (unpaired) electrons. The van der Waals surface area contributed by atoms with Crippen LogP contribution in [0.2, 0.25) is 0 Å². The van der Waals surface area contributed by atoms with Crippen LogP contribution in [-0.2, 0) is 9.47 Å². The zero-order chi connectivity index (χ0) is 9.57. The largest absolute Gasteiger partial charge is 0.378 e. The first kappa shape index (κ1) is 10.5. The zero-order valence-corrected chi connectivity index (χ0v) is 8.14. The summed E-state index contributed by atoms with van der Waals surface area (Å²) in [6.45, 7) is 3.16. The quantitative estimate of drug-likeness (QED) is 0.494. The highest BCUT2D eigenvalue weighted by atomic mass is 16.5. The monoisotopic (exact) mass is 183 g/mol. The molecule has 74 valence electrons. The van der Waals surface area contributed by atoms with Gasteiger partial charge in [0.2, 0.25) is 0 Å². The Hall–Kier alpha value is -0.560. The summed E-state index contributed by atoms with van der Waals surface area (Å²) in [7, 11) is 1.73. The summed E-state index contributed by atoms with van der Waals surface area (Å²) in [5.74, 6) is 2.59. The van der Waals surface area contributed by atoms with E-state index in [2.05, 4.69) is 11.2 Å². The molecule has 1 fully saturated rings. The van der Waals surface area contributed by atoms with E-state index in [-0.39, 0.29) is 5.60 Å². The van der Waals surface area contributed by atoms with E-state index in [4.69, 9.17) is 15.9 Å². The highest BCUT2D eigenvalue weighted by Gasteiger charge is 2.34. The van der Waals surface area contributed by atoms with Crippen molar-refractivity contribution in [3.05, 3.63) is 0 Å². The molecule has 3 heteroatoms. The molecule has 0 spiro atoms. The lowest BCUT2D eigenvalue weighted by atomic mass is 10.0. The molecule has 0 aromatic carbocycles. The molecule has 1 heterocycles. The van der Waals surface area contributed by atoms with E-state index >= 15 is 0 Å². The molecule has 1 unspecified atom stereocenters. The fourth-order valence-corrected chi connectivity index (χ4v) is 1.44. The van der Waals surface area contributed by atoms with Crippen molar-refractivity contribution in [3.8, 4) is 12.3 Å². The summed E-state index contributed by atoms with van der Waals surface area (Å²) >= 11 is 0. The molecule has 13 heavy (non-hydrogen) atoms. The SMILES string of the molecule is C#CCCNCC1(OC)CCOC1. The van der Waals surface area contributed by atoms with Crippen molar-refractivity contribution in [1.82, 2.24) is 5.32 Å². The topological polar surface area (TPSA) is 30.5 Å². The highest BCUT2D eigenvalue weighted by Crippen LogP contribution is 2.21. The Labute approximate surface area is 79.8 Å². The Morgan fingerprint density at radius 1 is 1.69 bits per heavy atom. The van der Waals surface area contributed by atoms with E-state index in [0.29, 0.717) is 6.61 Å². The standard InChI is InChI=1S/C10H17NO2/c1-3-4-6-11-8-10(12-2)5-7-13-9-10/h1,11H,4-9H2,2H3. The Morgan fingerprint density at radius 3 is 3.08 bits per heavy atom. The predicted octanol–water partition coefficient (Wildman–Crippen LogP) is 0.405. The second-order valence-electron chi connectivity index (χ2n) is 3.32. The number of terminal acetylenes is 1. The minimum atomic E-state index is -0.116. The molecule has 1 aliphatic heterocycles. The van der Waals surface area contributed by atoms with Crippen molar-refractivity contribution in [2.75, 3.05) is 33.4 Å². The third kappa shape index (κ3) is 3.00. The third-order valence-electron chi connectivity index (χ3n) is 2.39. The average Bonchev–Trinajstić information content (AvgIpc) is 2.62. The second kappa shape index (κ2) is 5.23. The maximum absolute atomic E-state index is 5.44. The number of rotatable bonds is 5. The molecular formula is C10H17NO2. The van der Waals surface area contributed by atoms with Crippen LogP contribution in [0.1, 0.15) is 12.8 Å². The van der Waals surface area contributed by atoms with Crippen LogP contribution in [0.5, 0.6) is 0 Å². The summed E-state index contributed by atoms with van der Waals surface area (Å²) in [5.41, 5.74) is -0.116. The maximum Gasteiger partial charge on any atom is 0.106 e. The molecular weight excluding hydrogens is 166 g/mol. The van der Waals surface area contributed by atoms with Gasteiger partial charge in [-0.05, 0) is 0 Å². The van der Waals surface area contributed by atoms with Crippen LogP contribution in [0.3, 0.4) is 0 Å². The van der Waals surface area contributed by atoms with Gasteiger partial charge in [0.1, 0.15) is 5.60 Å². The minimum Gasteiger partial charge on any atom is -0.378 e. The van der Waals surface area contributed by atoms with Crippen molar-refractivity contribution in [2.45, 2.75) is 18.4 Å². The molecule has 0 saturated carbocycles. The molecule has 1 N–H and O–H groups in total. The second-order valence-corrected chi connectivity index (χ2v) is 3.32. The van der Waals surface area contributed by atoms with Crippen molar-refractivity contribution in [2.24, 2.45) is 0 Å². The van der Waals surface area contributed by atoms with Gasteiger partial charge in [-0.1, -0.05) is 0 Å².